The largest absolute Gasteiger partial charge is 0.387 e. The molecule has 0 radical (unpaired) electrons. The van der Waals surface area contributed by atoms with E-state index in [2.05, 4.69) is 12.2 Å². The number of halogens is 1. The number of hydrogen-bond donors (Lipinski definition) is 3. The average Bonchev–Trinajstić information content (AvgIpc) is 2.59. The van der Waals surface area contributed by atoms with Crippen LogP contribution in [0.25, 0.3) is 6.08 Å². The van der Waals surface area contributed by atoms with Crippen molar-refractivity contribution in [1.29, 1.82) is 0 Å². The summed E-state index contributed by atoms with van der Waals surface area (Å²) in [6.07, 6.45) is 3.27. The molecule has 0 aromatic heterocycles. The zero-order valence-electron chi connectivity index (χ0n) is 14.2. The number of aliphatic hydroxyl groups is 1. The van der Waals surface area contributed by atoms with Crippen LogP contribution < -0.4 is 11.1 Å². The number of nitrogens with one attached hydrogen (secondary N) is 1. The van der Waals surface area contributed by atoms with Gasteiger partial charge in [0, 0.05) is 23.7 Å². The molecule has 2 aromatic rings. The Balaban J connectivity index is 1.83. The summed E-state index contributed by atoms with van der Waals surface area (Å²) >= 11 is 5.95. The summed E-state index contributed by atoms with van der Waals surface area (Å²) in [6, 6.07) is 15.4. The van der Waals surface area contributed by atoms with E-state index < -0.39 is 12.0 Å². The van der Waals surface area contributed by atoms with Crippen molar-refractivity contribution in [3.05, 3.63) is 76.3 Å². The highest BCUT2D eigenvalue weighted by molar-refractivity contribution is 6.30. The van der Waals surface area contributed by atoms with Crippen LogP contribution in [0.3, 0.4) is 0 Å². The number of carbonyl (C=O) groups excluding carboxylic acids is 1. The number of primary amides is 1. The van der Waals surface area contributed by atoms with Gasteiger partial charge in [0.25, 0.3) is 0 Å². The molecule has 1 amide bonds. The van der Waals surface area contributed by atoms with Crippen LogP contribution in [0.5, 0.6) is 0 Å². The second kappa shape index (κ2) is 9.37. The first-order chi connectivity index (χ1) is 11.9. The molecule has 0 aliphatic heterocycles. The minimum absolute atomic E-state index is 0.209. The molecule has 5 heteroatoms. The Labute approximate surface area is 153 Å². The quantitative estimate of drug-likeness (QED) is 0.635. The standard InChI is InChI=1S/C20H23ClN2O2/c1-14(23-13-19(24)17-3-2-4-18(21)12-17)11-16-7-5-15(6-8-16)9-10-20(22)25/h2-10,12,14,19,23-24H,11,13H2,1H3,(H2,22,25). The van der Waals surface area contributed by atoms with Crippen LogP contribution in [0.1, 0.15) is 29.7 Å². The van der Waals surface area contributed by atoms with Gasteiger partial charge in [-0.2, -0.15) is 0 Å². The van der Waals surface area contributed by atoms with Gasteiger partial charge >= 0.3 is 0 Å². The Kier molecular flexibility index (Phi) is 7.19. The zero-order chi connectivity index (χ0) is 18.2. The molecule has 2 unspecified atom stereocenters. The van der Waals surface area contributed by atoms with Crippen LogP contribution in [0, 0.1) is 0 Å². The third-order valence-corrected chi connectivity index (χ3v) is 4.09. The van der Waals surface area contributed by atoms with Gasteiger partial charge in [0.1, 0.15) is 0 Å². The van der Waals surface area contributed by atoms with Gasteiger partial charge in [-0.05, 0) is 48.2 Å². The molecule has 2 rings (SSSR count). The third-order valence-electron chi connectivity index (χ3n) is 3.85. The molecule has 0 heterocycles. The summed E-state index contributed by atoms with van der Waals surface area (Å²) in [7, 11) is 0. The lowest BCUT2D eigenvalue weighted by atomic mass is 10.0. The van der Waals surface area contributed by atoms with E-state index in [9.17, 15) is 9.90 Å². The minimum Gasteiger partial charge on any atom is -0.387 e. The number of carbonyl (C=O) groups is 1. The molecule has 0 aliphatic rings. The van der Waals surface area contributed by atoms with E-state index in [1.807, 2.05) is 36.4 Å². The first kappa shape index (κ1) is 19.2. The van der Waals surface area contributed by atoms with Crippen LogP contribution in [0.2, 0.25) is 5.02 Å². The number of amides is 1. The molecule has 4 nitrogen and oxygen atoms in total. The Hall–Kier alpha value is -2.14. The van der Waals surface area contributed by atoms with Crippen molar-refractivity contribution in [2.24, 2.45) is 5.73 Å². The van der Waals surface area contributed by atoms with Crippen LogP contribution >= 0.6 is 11.6 Å². The maximum absolute atomic E-state index is 10.7. The van der Waals surface area contributed by atoms with Gasteiger partial charge in [0.05, 0.1) is 6.10 Å². The van der Waals surface area contributed by atoms with Crippen LogP contribution in [0.4, 0.5) is 0 Å². The lowest BCUT2D eigenvalue weighted by molar-refractivity contribution is -0.113. The summed E-state index contributed by atoms with van der Waals surface area (Å²) in [5, 5.41) is 14.2. The van der Waals surface area contributed by atoms with Crippen molar-refractivity contribution in [1.82, 2.24) is 5.32 Å². The smallest absolute Gasteiger partial charge is 0.241 e. The molecule has 25 heavy (non-hydrogen) atoms. The molecule has 0 saturated carbocycles. The maximum atomic E-state index is 10.7. The second-order valence-electron chi connectivity index (χ2n) is 6.06. The highest BCUT2D eigenvalue weighted by atomic mass is 35.5. The molecule has 0 bridgehead atoms. The fraction of sp³-hybridized carbons (Fsp3) is 0.250. The third kappa shape index (κ3) is 6.70. The van der Waals surface area contributed by atoms with E-state index in [1.54, 1.807) is 18.2 Å². The van der Waals surface area contributed by atoms with Gasteiger partial charge in [-0.3, -0.25) is 4.79 Å². The number of hydrogen-bond acceptors (Lipinski definition) is 3. The highest BCUT2D eigenvalue weighted by Gasteiger charge is 2.10. The predicted molar refractivity (Wildman–Crippen MR) is 102 cm³/mol. The molecular formula is C20H23ClN2O2. The Bertz CT molecular complexity index is 729. The zero-order valence-corrected chi connectivity index (χ0v) is 14.9. The topological polar surface area (TPSA) is 75.4 Å². The lowest BCUT2D eigenvalue weighted by Gasteiger charge is -2.18. The van der Waals surface area contributed by atoms with E-state index in [4.69, 9.17) is 17.3 Å². The molecule has 0 saturated heterocycles. The van der Waals surface area contributed by atoms with Gasteiger partial charge in [-0.1, -0.05) is 48.0 Å². The Morgan fingerprint density at radius 2 is 2.00 bits per heavy atom. The van der Waals surface area contributed by atoms with Gasteiger partial charge in [-0.25, -0.2) is 0 Å². The summed E-state index contributed by atoms with van der Waals surface area (Å²) in [5.74, 6) is -0.458. The molecule has 2 aromatic carbocycles. The summed E-state index contributed by atoms with van der Waals surface area (Å²) < 4.78 is 0. The number of aliphatic hydroxyl groups excluding tert-OH is 1. The molecule has 132 valence electrons. The van der Waals surface area contributed by atoms with Crippen LogP contribution in [-0.4, -0.2) is 23.6 Å². The monoisotopic (exact) mass is 358 g/mol. The summed E-state index contributed by atoms with van der Waals surface area (Å²) in [6.45, 7) is 2.53. The van der Waals surface area contributed by atoms with Crippen molar-refractivity contribution >= 4 is 23.6 Å². The summed E-state index contributed by atoms with van der Waals surface area (Å²) in [4.78, 5) is 10.7. The van der Waals surface area contributed by atoms with Crippen molar-refractivity contribution in [2.75, 3.05) is 6.54 Å². The van der Waals surface area contributed by atoms with Crippen LogP contribution in [-0.2, 0) is 11.2 Å². The predicted octanol–water partition coefficient (Wildman–Crippen LogP) is 3.09. The first-order valence-corrected chi connectivity index (χ1v) is 8.55. The average molecular weight is 359 g/mol. The van der Waals surface area contributed by atoms with Gasteiger partial charge in [0.2, 0.25) is 5.91 Å². The second-order valence-corrected chi connectivity index (χ2v) is 6.50. The van der Waals surface area contributed by atoms with Crippen LogP contribution in [0.15, 0.2) is 54.6 Å². The Morgan fingerprint density at radius 3 is 2.64 bits per heavy atom. The van der Waals surface area contributed by atoms with E-state index in [0.29, 0.717) is 11.6 Å². The Morgan fingerprint density at radius 1 is 1.28 bits per heavy atom. The number of rotatable bonds is 8. The van der Waals surface area contributed by atoms with E-state index in [1.165, 1.54) is 11.6 Å². The lowest BCUT2D eigenvalue weighted by Crippen LogP contribution is -2.32. The highest BCUT2D eigenvalue weighted by Crippen LogP contribution is 2.17. The number of nitrogens with two attached hydrogens (primary N) is 1. The van der Waals surface area contributed by atoms with Crippen molar-refractivity contribution in [3.63, 3.8) is 0 Å². The molecule has 0 fully saturated rings. The maximum Gasteiger partial charge on any atom is 0.241 e. The molecule has 0 aliphatic carbocycles. The van der Waals surface area contributed by atoms with Crippen molar-refractivity contribution < 1.29 is 9.90 Å². The minimum atomic E-state index is -0.595. The van der Waals surface area contributed by atoms with E-state index in [0.717, 1.165) is 17.5 Å². The van der Waals surface area contributed by atoms with Gasteiger partial charge in [-0.15, -0.1) is 0 Å². The number of benzene rings is 2. The van der Waals surface area contributed by atoms with Crippen molar-refractivity contribution in [2.45, 2.75) is 25.5 Å². The molecular weight excluding hydrogens is 336 g/mol. The molecule has 0 spiro atoms. The van der Waals surface area contributed by atoms with E-state index >= 15 is 0 Å². The SMILES string of the molecule is CC(Cc1ccc(C=CC(N)=O)cc1)NCC(O)c1cccc(Cl)c1. The van der Waals surface area contributed by atoms with E-state index in [-0.39, 0.29) is 6.04 Å². The summed E-state index contributed by atoms with van der Waals surface area (Å²) in [5.41, 5.74) is 7.99. The van der Waals surface area contributed by atoms with Crippen molar-refractivity contribution in [3.8, 4) is 0 Å². The fourth-order valence-corrected chi connectivity index (χ4v) is 2.71. The first-order valence-electron chi connectivity index (χ1n) is 8.17. The fourth-order valence-electron chi connectivity index (χ4n) is 2.51. The van der Waals surface area contributed by atoms with Gasteiger partial charge < -0.3 is 16.2 Å². The molecule has 4 N–H and O–H groups in total. The van der Waals surface area contributed by atoms with Gasteiger partial charge in [0.15, 0.2) is 0 Å². The normalized spacial score (nSPS) is 13.7. The molecule has 2 atom stereocenters.